The quantitative estimate of drug-likeness (QED) is 0.387. The monoisotopic (exact) mass is 521 g/mol. The molecule has 0 unspecified atom stereocenters. The van der Waals surface area contributed by atoms with Crippen molar-refractivity contribution in [3.63, 3.8) is 0 Å². The van der Waals surface area contributed by atoms with Crippen LogP contribution in [0.3, 0.4) is 0 Å². The second-order valence-corrected chi connectivity index (χ2v) is 8.42. The molecule has 3 aromatic rings. The van der Waals surface area contributed by atoms with E-state index >= 15 is 0 Å². The van der Waals surface area contributed by atoms with Gasteiger partial charge in [-0.3, -0.25) is 0 Å². The van der Waals surface area contributed by atoms with E-state index in [1.165, 1.54) is 36.4 Å². The summed E-state index contributed by atoms with van der Waals surface area (Å²) in [5.41, 5.74) is 7.55. The molecule has 4 rings (SSSR count). The molecule has 194 valence electrons. The van der Waals surface area contributed by atoms with E-state index in [0.717, 1.165) is 18.4 Å². The SMILES string of the molecule is NC(=S)[C@H]1CC[C@@H](COCc2cccc(F)c2)O1.OCc1cccc(F)c1.OCc1cccc(F)c1. The van der Waals surface area contributed by atoms with Crippen molar-refractivity contribution in [1.29, 1.82) is 0 Å². The lowest BCUT2D eigenvalue weighted by Gasteiger charge is -2.13. The molecule has 0 spiro atoms. The molecular weight excluding hydrogens is 491 g/mol. The molecule has 2 atom stereocenters. The number of rotatable bonds is 7. The summed E-state index contributed by atoms with van der Waals surface area (Å²) in [5.74, 6) is -0.857. The first kappa shape index (κ1) is 29.4. The predicted octanol–water partition coefficient (Wildman–Crippen LogP) is 4.81. The third-order valence-electron chi connectivity index (χ3n) is 5.03. The van der Waals surface area contributed by atoms with Gasteiger partial charge in [-0.25, -0.2) is 13.2 Å². The Morgan fingerprint density at radius 2 is 1.31 bits per heavy atom. The fraction of sp³-hybridized carbons (Fsp3) is 0.296. The highest BCUT2D eigenvalue weighted by Gasteiger charge is 2.27. The van der Waals surface area contributed by atoms with Gasteiger partial charge in [-0.05, 0) is 65.9 Å². The number of halogens is 3. The van der Waals surface area contributed by atoms with Crippen molar-refractivity contribution in [2.24, 2.45) is 5.73 Å². The van der Waals surface area contributed by atoms with Gasteiger partial charge in [0.25, 0.3) is 0 Å². The molecule has 0 radical (unpaired) electrons. The lowest BCUT2D eigenvalue weighted by molar-refractivity contribution is -0.00201. The highest BCUT2D eigenvalue weighted by molar-refractivity contribution is 7.80. The molecule has 5 nitrogen and oxygen atoms in total. The van der Waals surface area contributed by atoms with Gasteiger partial charge < -0.3 is 25.4 Å². The summed E-state index contributed by atoms with van der Waals surface area (Å²) in [6.45, 7) is 0.667. The van der Waals surface area contributed by atoms with Crippen LogP contribution in [0, 0.1) is 17.5 Å². The van der Waals surface area contributed by atoms with Gasteiger partial charge in [0.05, 0.1) is 32.5 Å². The van der Waals surface area contributed by atoms with Crippen molar-refractivity contribution in [2.45, 2.75) is 44.9 Å². The van der Waals surface area contributed by atoms with E-state index in [1.54, 1.807) is 30.3 Å². The maximum atomic E-state index is 12.9. The molecule has 36 heavy (non-hydrogen) atoms. The number of aliphatic hydroxyl groups is 2. The van der Waals surface area contributed by atoms with Crippen LogP contribution in [0.15, 0.2) is 72.8 Å². The van der Waals surface area contributed by atoms with Gasteiger partial charge in [0.1, 0.15) is 28.5 Å². The zero-order valence-corrected chi connectivity index (χ0v) is 20.5. The van der Waals surface area contributed by atoms with Gasteiger partial charge in [-0.15, -0.1) is 0 Å². The zero-order chi connectivity index (χ0) is 26.3. The highest BCUT2D eigenvalue weighted by Crippen LogP contribution is 2.20. The van der Waals surface area contributed by atoms with Crippen molar-refractivity contribution in [3.05, 3.63) is 107 Å². The molecule has 3 aromatic carbocycles. The lowest BCUT2D eigenvalue weighted by Crippen LogP contribution is -2.27. The average molecular weight is 522 g/mol. The Labute approximate surface area is 214 Å². The van der Waals surface area contributed by atoms with Gasteiger partial charge in [-0.2, -0.15) is 0 Å². The highest BCUT2D eigenvalue weighted by atomic mass is 32.1. The fourth-order valence-corrected chi connectivity index (χ4v) is 3.42. The molecule has 1 saturated heterocycles. The molecule has 1 aliphatic rings. The Morgan fingerprint density at radius 3 is 1.69 bits per heavy atom. The number of thiocarbonyl (C=S) groups is 1. The molecule has 1 aliphatic heterocycles. The zero-order valence-electron chi connectivity index (χ0n) is 19.7. The van der Waals surface area contributed by atoms with Crippen molar-refractivity contribution in [1.82, 2.24) is 0 Å². The molecular formula is C27H30F3NO4S. The van der Waals surface area contributed by atoms with Crippen LogP contribution in [0.1, 0.15) is 29.5 Å². The maximum absolute atomic E-state index is 12.9. The first-order valence-corrected chi connectivity index (χ1v) is 11.7. The first-order valence-electron chi connectivity index (χ1n) is 11.3. The molecule has 1 fully saturated rings. The predicted molar refractivity (Wildman–Crippen MR) is 135 cm³/mol. The van der Waals surface area contributed by atoms with Gasteiger partial charge >= 0.3 is 0 Å². The molecule has 9 heteroatoms. The molecule has 0 aromatic heterocycles. The van der Waals surface area contributed by atoms with Gasteiger partial charge in [0, 0.05) is 0 Å². The molecule has 4 N–H and O–H groups in total. The van der Waals surface area contributed by atoms with Crippen LogP contribution < -0.4 is 5.73 Å². The Balaban J connectivity index is 0.000000212. The Morgan fingerprint density at radius 1 is 0.833 bits per heavy atom. The minimum atomic E-state index is -0.304. The maximum Gasteiger partial charge on any atom is 0.123 e. The fourth-order valence-electron chi connectivity index (χ4n) is 3.24. The number of ether oxygens (including phenoxy) is 2. The summed E-state index contributed by atoms with van der Waals surface area (Å²) < 4.78 is 48.5. The van der Waals surface area contributed by atoms with Crippen molar-refractivity contribution in [2.75, 3.05) is 6.61 Å². The van der Waals surface area contributed by atoms with Crippen LogP contribution >= 0.6 is 12.2 Å². The number of hydrogen-bond donors (Lipinski definition) is 3. The van der Waals surface area contributed by atoms with E-state index in [1.807, 2.05) is 6.07 Å². The smallest absolute Gasteiger partial charge is 0.123 e. The normalized spacial score (nSPS) is 16.4. The Bertz CT molecular complexity index is 1040. The summed E-state index contributed by atoms with van der Waals surface area (Å²) in [5, 5.41) is 17.0. The van der Waals surface area contributed by atoms with Crippen LogP contribution in [-0.2, 0) is 29.3 Å². The van der Waals surface area contributed by atoms with Crippen LogP contribution in [0.25, 0.3) is 0 Å². The summed E-state index contributed by atoms with van der Waals surface area (Å²) in [6.07, 6.45) is 1.65. The van der Waals surface area contributed by atoms with E-state index in [-0.39, 0.29) is 42.9 Å². The van der Waals surface area contributed by atoms with Gasteiger partial charge in [0.15, 0.2) is 0 Å². The average Bonchev–Trinajstić information content (AvgIpc) is 3.34. The van der Waals surface area contributed by atoms with Gasteiger partial charge in [-0.1, -0.05) is 48.6 Å². The topological polar surface area (TPSA) is 84.9 Å². The van der Waals surface area contributed by atoms with Crippen molar-refractivity contribution < 1.29 is 32.9 Å². The van der Waals surface area contributed by atoms with Crippen LogP contribution in [-0.4, -0.2) is 34.0 Å². The molecule has 1 heterocycles. The number of benzene rings is 3. The number of aliphatic hydroxyl groups excluding tert-OH is 2. The second-order valence-electron chi connectivity index (χ2n) is 7.95. The van der Waals surface area contributed by atoms with Crippen molar-refractivity contribution >= 4 is 17.2 Å². The summed E-state index contributed by atoms with van der Waals surface area (Å²) in [7, 11) is 0. The van der Waals surface area contributed by atoms with Gasteiger partial charge in [0.2, 0.25) is 0 Å². The molecule has 0 saturated carbocycles. The number of hydrogen-bond acceptors (Lipinski definition) is 5. The Kier molecular flexibility index (Phi) is 13.1. The first-order chi connectivity index (χ1) is 17.3. The van der Waals surface area contributed by atoms with E-state index in [4.69, 9.17) is 37.6 Å². The van der Waals surface area contributed by atoms with Crippen LogP contribution in [0.5, 0.6) is 0 Å². The largest absolute Gasteiger partial charge is 0.392 e. The van der Waals surface area contributed by atoms with E-state index < -0.39 is 0 Å². The van der Waals surface area contributed by atoms with Crippen molar-refractivity contribution in [3.8, 4) is 0 Å². The summed E-state index contributed by atoms with van der Waals surface area (Å²) >= 11 is 4.88. The number of nitrogens with two attached hydrogens (primary N) is 1. The Hall–Kier alpha value is -2.82. The van der Waals surface area contributed by atoms with E-state index in [2.05, 4.69) is 0 Å². The van der Waals surface area contributed by atoms with Crippen LogP contribution in [0.2, 0.25) is 0 Å². The minimum Gasteiger partial charge on any atom is -0.392 e. The second kappa shape index (κ2) is 16.0. The standard InChI is InChI=1S/C13H16FNO2S.2C7H7FO/c14-10-3-1-2-9(6-10)7-16-8-11-4-5-12(17-11)13(15)18;2*8-7-3-1-2-6(4-7)5-9/h1-3,6,11-12H,4-5,7-8H2,(H2,15,18);2*1-4,9H,5H2/t11-,12+;;/m0../s1. The molecule has 0 aliphatic carbocycles. The van der Waals surface area contributed by atoms with E-state index in [0.29, 0.717) is 29.3 Å². The molecule has 0 amide bonds. The third-order valence-corrected chi connectivity index (χ3v) is 5.29. The third kappa shape index (κ3) is 11.3. The summed E-state index contributed by atoms with van der Waals surface area (Å²) in [4.78, 5) is 0.405. The summed E-state index contributed by atoms with van der Waals surface area (Å²) in [6, 6.07) is 18.2. The lowest BCUT2D eigenvalue weighted by atomic mass is 10.2. The molecule has 0 bridgehead atoms. The van der Waals surface area contributed by atoms with Crippen LogP contribution in [0.4, 0.5) is 13.2 Å². The minimum absolute atomic E-state index is 0.0325. The van der Waals surface area contributed by atoms with E-state index in [9.17, 15) is 13.2 Å².